The van der Waals surface area contributed by atoms with Crippen molar-refractivity contribution in [3.63, 3.8) is 0 Å². The molecule has 0 saturated carbocycles. The molecule has 11 N–H and O–H groups in total. The highest BCUT2D eigenvalue weighted by Crippen LogP contribution is 2.17. The highest BCUT2D eigenvalue weighted by Gasteiger charge is 2.30. The number of benzene rings is 2. The molecular formula is C29H36N9O6. The third-order valence-electron chi connectivity index (χ3n) is 6.66. The first-order chi connectivity index (χ1) is 21.0. The maximum Gasteiger partial charge on any atom is 0.305 e. The Morgan fingerprint density at radius 3 is 2.32 bits per heavy atom. The number of rotatable bonds is 17. The van der Waals surface area contributed by atoms with Gasteiger partial charge in [0, 0.05) is 25.6 Å². The van der Waals surface area contributed by atoms with E-state index in [-0.39, 0.29) is 25.2 Å². The minimum absolute atomic E-state index is 0.0431. The average molecular weight is 607 g/mol. The van der Waals surface area contributed by atoms with E-state index in [9.17, 15) is 24.0 Å². The van der Waals surface area contributed by atoms with Gasteiger partial charge in [0.05, 0.1) is 30.5 Å². The van der Waals surface area contributed by atoms with Gasteiger partial charge in [0.2, 0.25) is 24.0 Å². The van der Waals surface area contributed by atoms with Crippen LogP contribution in [0.5, 0.6) is 0 Å². The molecule has 233 valence electrons. The van der Waals surface area contributed by atoms with Gasteiger partial charge < -0.3 is 42.8 Å². The molecule has 3 rings (SSSR count). The quantitative estimate of drug-likeness (QED) is 0.0513. The molecule has 0 bridgehead atoms. The van der Waals surface area contributed by atoms with Gasteiger partial charge in [-0.25, -0.2) is 4.98 Å². The van der Waals surface area contributed by atoms with Crippen LogP contribution in [0.4, 0.5) is 0 Å². The second-order valence-corrected chi connectivity index (χ2v) is 10.1. The monoisotopic (exact) mass is 606 g/mol. The summed E-state index contributed by atoms with van der Waals surface area (Å²) in [6.07, 6.45) is 4.60. The summed E-state index contributed by atoms with van der Waals surface area (Å²) in [4.78, 5) is 69.2. The van der Waals surface area contributed by atoms with Gasteiger partial charge in [0.1, 0.15) is 12.1 Å². The average Bonchev–Trinajstić information content (AvgIpc) is 3.50. The number of imidazole rings is 1. The van der Waals surface area contributed by atoms with Crippen molar-refractivity contribution in [3.8, 4) is 0 Å². The van der Waals surface area contributed by atoms with E-state index in [1.165, 1.54) is 12.5 Å². The number of H-pyrrole nitrogens is 1. The molecule has 4 atom stereocenters. The van der Waals surface area contributed by atoms with E-state index in [4.69, 9.17) is 22.0 Å². The number of hydrogen-bond donors (Lipinski definition) is 9. The summed E-state index contributed by atoms with van der Waals surface area (Å²) in [7, 11) is 0. The topological polar surface area (TPSA) is 258 Å². The van der Waals surface area contributed by atoms with Crippen LogP contribution in [0.15, 0.2) is 55.0 Å². The molecule has 1 radical (unpaired) electrons. The van der Waals surface area contributed by atoms with Crippen molar-refractivity contribution in [2.24, 2.45) is 11.5 Å². The molecule has 0 aliphatic carbocycles. The first-order valence-corrected chi connectivity index (χ1v) is 13.8. The molecule has 15 heteroatoms. The van der Waals surface area contributed by atoms with E-state index >= 15 is 0 Å². The van der Waals surface area contributed by atoms with E-state index in [0.29, 0.717) is 18.7 Å². The van der Waals surface area contributed by atoms with Crippen LogP contribution >= 0.6 is 0 Å². The maximum atomic E-state index is 13.6. The van der Waals surface area contributed by atoms with Crippen molar-refractivity contribution in [1.82, 2.24) is 31.2 Å². The minimum atomic E-state index is -1.42. The lowest BCUT2D eigenvalue weighted by Crippen LogP contribution is -2.58. The molecule has 0 fully saturated rings. The van der Waals surface area contributed by atoms with Gasteiger partial charge in [-0.15, -0.1) is 0 Å². The number of carbonyl (C=O) groups is 4. The standard InChI is InChI=1S/C29H36N9O6/c30-22(13-25(40)41)26(42)37-24(12-21-14-33-16-35-21)28(44)38-23(11-17-7-8-18-4-1-2-5-19(18)10-17)27(43)36-20(15-39)6-3-9-34-29(31)32/h1-2,4-5,7-8,10,14,16,20,22-24H,3,6,9,11-13,30H2,(H,33,35)(H,36,43)(H,37,42)(H,38,44)(H,40,41)(H4,31,32,34)/t20-,22-,23+,24-/m0/s1. The van der Waals surface area contributed by atoms with E-state index in [2.05, 4.69) is 31.2 Å². The number of carboxylic acids is 1. The fourth-order valence-electron chi connectivity index (χ4n) is 4.43. The Bertz CT molecular complexity index is 1460. The molecule has 0 unspecified atom stereocenters. The molecule has 0 spiro atoms. The van der Waals surface area contributed by atoms with Gasteiger partial charge >= 0.3 is 5.97 Å². The summed E-state index contributed by atoms with van der Waals surface area (Å²) in [6.45, 7) is 0.305. The molecule has 3 amide bonds. The lowest BCUT2D eigenvalue weighted by atomic mass is 10.00. The third kappa shape index (κ3) is 10.5. The van der Waals surface area contributed by atoms with Crippen LogP contribution in [-0.4, -0.2) is 81.7 Å². The van der Waals surface area contributed by atoms with E-state index in [0.717, 1.165) is 16.3 Å². The first kappa shape index (κ1) is 33.2. The number of nitrogens with one attached hydrogen (secondary N) is 6. The van der Waals surface area contributed by atoms with E-state index in [1.54, 1.807) is 6.29 Å². The van der Waals surface area contributed by atoms with Crippen molar-refractivity contribution >= 4 is 46.7 Å². The number of amides is 3. The molecule has 0 saturated heterocycles. The molecule has 44 heavy (non-hydrogen) atoms. The smallest absolute Gasteiger partial charge is 0.305 e. The van der Waals surface area contributed by atoms with Crippen LogP contribution in [0.3, 0.4) is 0 Å². The third-order valence-corrected chi connectivity index (χ3v) is 6.66. The fraction of sp³-hybridized carbons (Fsp3) is 0.345. The van der Waals surface area contributed by atoms with Crippen molar-refractivity contribution < 1.29 is 29.1 Å². The normalized spacial score (nSPS) is 13.6. The number of aliphatic carboxylic acids is 1. The first-order valence-electron chi connectivity index (χ1n) is 13.8. The fourth-order valence-corrected chi connectivity index (χ4v) is 4.43. The summed E-state index contributed by atoms with van der Waals surface area (Å²) in [5.74, 6) is -3.78. The van der Waals surface area contributed by atoms with E-state index in [1.807, 2.05) is 42.5 Å². The second kappa shape index (κ2) is 16.4. The molecular weight excluding hydrogens is 570 g/mol. The van der Waals surface area contributed by atoms with Crippen LogP contribution in [0.2, 0.25) is 0 Å². The van der Waals surface area contributed by atoms with Crippen molar-refractivity contribution in [3.05, 3.63) is 66.2 Å². The number of aromatic nitrogens is 2. The highest BCUT2D eigenvalue weighted by atomic mass is 16.4. The molecule has 1 heterocycles. The molecule has 1 aromatic heterocycles. The van der Waals surface area contributed by atoms with Gasteiger partial charge in [-0.2, -0.15) is 0 Å². The number of fused-ring (bicyclic) bond motifs is 1. The molecule has 0 aliphatic rings. The van der Waals surface area contributed by atoms with E-state index < -0.39 is 54.3 Å². The Kier molecular flexibility index (Phi) is 12.3. The number of guanidine groups is 1. The van der Waals surface area contributed by atoms with Crippen molar-refractivity contribution in [2.45, 2.75) is 56.3 Å². The second-order valence-electron chi connectivity index (χ2n) is 10.1. The Morgan fingerprint density at radius 1 is 0.977 bits per heavy atom. The largest absolute Gasteiger partial charge is 0.481 e. The van der Waals surface area contributed by atoms with Crippen LogP contribution in [0, 0.1) is 5.41 Å². The minimum Gasteiger partial charge on any atom is -0.481 e. The summed E-state index contributed by atoms with van der Waals surface area (Å²) in [5.41, 5.74) is 12.1. The summed E-state index contributed by atoms with van der Waals surface area (Å²) in [5, 5.41) is 28.5. The lowest BCUT2D eigenvalue weighted by molar-refractivity contribution is -0.139. The zero-order chi connectivity index (χ0) is 32.1. The maximum absolute atomic E-state index is 13.6. The van der Waals surface area contributed by atoms with Crippen LogP contribution in [-0.2, 0) is 36.8 Å². The van der Waals surface area contributed by atoms with Gasteiger partial charge in [-0.3, -0.25) is 29.4 Å². The lowest BCUT2D eigenvalue weighted by Gasteiger charge is -2.25. The number of carbonyl (C=O) groups excluding carboxylic acids is 4. The highest BCUT2D eigenvalue weighted by molar-refractivity contribution is 5.94. The summed E-state index contributed by atoms with van der Waals surface area (Å²) in [6, 6.07) is 8.35. The zero-order valence-electron chi connectivity index (χ0n) is 23.8. The number of nitrogens with zero attached hydrogens (tertiary/aromatic N) is 1. The predicted molar refractivity (Wildman–Crippen MR) is 161 cm³/mol. The Labute approximate surface area is 253 Å². The Balaban J connectivity index is 1.82. The number of carboxylic acid groups (broad SMARTS) is 1. The van der Waals surface area contributed by atoms with Crippen molar-refractivity contribution in [2.75, 3.05) is 6.54 Å². The summed E-state index contributed by atoms with van der Waals surface area (Å²) >= 11 is 0. The molecule has 15 nitrogen and oxygen atoms in total. The predicted octanol–water partition coefficient (Wildman–Crippen LogP) is -1.02. The molecule has 2 aromatic carbocycles. The zero-order valence-corrected chi connectivity index (χ0v) is 23.8. The molecule has 0 aliphatic heterocycles. The number of aromatic amines is 1. The Morgan fingerprint density at radius 2 is 1.66 bits per heavy atom. The van der Waals surface area contributed by atoms with Crippen LogP contribution < -0.4 is 32.7 Å². The Hall–Kier alpha value is -5.31. The van der Waals surface area contributed by atoms with Crippen molar-refractivity contribution in [1.29, 1.82) is 5.41 Å². The van der Waals surface area contributed by atoms with Gasteiger partial charge in [0.25, 0.3) is 0 Å². The van der Waals surface area contributed by atoms with Crippen LogP contribution in [0.25, 0.3) is 10.8 Å². The number of hydrogen-bond acceptors (Lipinski definition) is 8. The van der Waals surface area contributed by atoms with Crippen LogP contribution in [0.1, 0.15) is 30.5 Å². The van der Waals surface area contributed by atoms with Gasteiger partial charge in [-0.05, 0) is 29.2 Å². The summed E-state index contributed by atoms with van der Waals surface area (Å²) < 4.78 is 0. The number of nitrogens with two attached hydrogens (primary N) is 2. The van der Waals surface area contributed by atoms with Gasteiger partial charge in [-0.1, -0.05) is 42.5 Å². The SMILES string of the molecule is N=C(N)NCCC[C@@H]([C]=O)NC(=O)[C@@H](Cc1ccc2ccccc2c1)NC(=O)[C@H](Cc1c[nH]cn1)NC(=O)[C@@H](N)CC(=O)O. The molecule has 3 aromatic rings. The van der Waals surface area contributed by atoms with Gasteiger partial charge in [0.15, 0.2) is 5.96 Å².